The van der Waals surface area contributed by atoms with E-state index >= 15 is 0 Å². The first-order valence-electron chi connectivity index (χ1n) is 6.70. The van der Waals surface area contributed by atoms with Crippen molar-refractivity contribution < 1.29 is 9.84 Å². The molecule has 0 aliphatic carbocycles. The fourth-order valence-electron chi connectivity index (χ4n) is 2.81. The van der Waals surface area contributed by atoms with E-state index in [0.29, 0.717) is 5.82 Å². The Kier molecular flexibility index (Phi) is 3.31. The van der Waals surface area contributed by atoms with E-state index in [1.165, 1.54) is 0 Å². The number of hydrogen-bond acceptors (Lipinski definition) is 6. The fourth-order valence-corrected chi connectivity index (χ4v) is 2.81. The van der Waals surface area contributed by atoms with Gasteiger partial charge in [0.05, 0.1) is 30.3 Å². The molecule has 0 radical (unpaired) electrons. The highest BCUT2D eigenvalue weighted by Gasteiger charge is 2.34. The maximum Gasteiger partial charge on any atom is 0.163 e. The average molecular weight is 277 g/mol. The van der Waals surface area contributed by atoms with Gasteiger partial charge in [0.15, 0.2) is 5.65 Å². The molecule has 1 aliphatic rings. The van der Waals surface area contributed by atoms with E-state index < -0.39 is 0 Å². The van der Waals surface area contributed by atoms with Crippen LogP contribution in [0.5, 0.6) is 0 Å². The van der Waals surface area contributed by atoms with Gasteiger partial charge in [-0.05, 0) is 13.3 Å². The van der Waals surface area contributed by atoms with Crippen LogP contribution in [0.1, 0.15) is 12.2 Å². The number of hydrogen-bond donors (Lipinski definition) is 1. The zero-order chi connectivity index (χ0) is 14.3. The average Bonchev–Trinajstić information content (AvgIpc) is 3.02. The lowest BCUT2D eigenvalue weighted by atomic mass is 10.2. The molecule has 0 unspecified atom stereocenters. The number of anilines is 1. The van der Waals surface area contributed by atoms with E-state index in [9.17, 15) is 5.11 Å². The molecule has 0 aromatic carbocycles. The number of aliphatic hydroxyl groups excluding tert-OH is 1. The predicted molar refractivity (Wildman–Crippen MR) is 74.7 cm³/mol. The summed E-state index contributed by atoms with van der Waals surface area (Å²) < 4.78 is 7.17. The van der Waals surface area contributed by atoms with Crippen molar-refractivity contribution >= 4 is 16.9 Å². The summed E-state index contributed by atoms with van der Waals surface area (Å²) in [6.45, 7) is 2.68. The lowest BCUT2D eigenvalue weighted by Crippen LogP contribution is -2.33. The van der Waals surface area contributed by atoms with Gasteiger partial charge in [0.2, 0.25) is 0 Å². The first-order chi connectivity index (χ1) is 9.63. The Morgan fingerprint density at radius 2 is 2.25 bits per heavy atom. The number of methoxy groups -OCH3 is 1. The minimum absolute atomic E-state index is 0.0256. The maximum atomic E-state index is 9.60. The molecule has 1 N–H and O–H groups in total. The number of fused-ring (bicyclic) bond motifs is 1. The molecule has 7 nitrogen and oxygen atoms in total. The van der Waals surface area contributed by atoms with Gasteiger partial charge in [0, 0.05) is 20.7 Å². The first-order valence-corrected chi connectivity index (χ1v) is 6.70. The monoisotopic (exact) mass is 277 g/mol. The molecule has 3 heterocycles. The molecule has 0 bridgehead atoms. The smallest absolute Gasteiger partial charge is 0.163 e. The summed E-state index contributed by atoms with van der Waals surface area (Å²) >= 11 is 0. The largest absolute Gasteiger partial charge is 0.394 e. The number of aryl methyl sites for hydroxylation is 2. The lowest BCUT2D eigenvalue weighted by Gasteiger charge is -2.24. The summed E-state index contributed by atoms with van der Waals surface area (Å²) in [7, 11) is 3.57. The van der Waals surface area contributed by atoms with Crippen LogP contribution < -0.4 is 4.90 Å². The van der Waals surface area contributed by atoms with Gasteiger partial charge in [-0.25, -0.2) is 9.97 Å². The third-order valence-corrected chi connectivity index (χ3v) is 3.88. The molecular weight excluding hydrogens is 258 g/mol. The van der Waals surface area contributed by atoms with E-state index in [4.69, 9.17) is 4.74 Å². The Morgan fingerprint density at radius 3 is 2.95 bits per heavy atom. The summed E-state index contributed by atoms with van der Waals surface area (Å²) in [5.74, 6) is 1.54. The minimum Gasteiger partial charge on any atom is -0.394 e. The van der Waals surface area contributed by atoms with E-state index in [1.807, 2.05) is 14.0 Å². The zero-order valence-electron chi connectivity index (χ0n) is 11.9. The van der Waals surface area contributed by atoms with Gasteiger partial charge in [0.25, 0.3) is 0 Å². The number of nitrogens with zero attached hydrogens (tertiary/aromatic N) is 5. The second-order valence-electron chi connectivity index (χ2n) is 5.18. The van der Waals surface area contributed by atoms with E-state index in [0.717, 1.165) is 29.8 Å². The molecule has 20 heavy (non-hydrogen) atoms. The molecule has 2 aromatic rings. The Labute approximate surface area is 117 Å². The van der Waals surface area contributed by atoms with Crippen LogP contribution in [-0.4, -0.2) is 57.3 Å². The molecule has 2 atom stereocenters. The second kappa shape index (κ2) is 4.99. The number of ether oxygens (including phenoxy) is 1. The molecule has 1 fully saturated rings. The Balaban J connectivity index is 2.09. The number of aliphatic hydroxyl groups is 1. The van der Waals surface area contributed by atoms with Crippen LogP contribution in [0, 0.1) is 6.92 Å². The molecular formula is C13H19N5O2. The lowest BCUT2D eigenvalue weighted by molar-refractivity contribution is 0.115. The molecule has 2 aromatic heterocycles. The van der Waals surface area contributed by atoms with Crippen molar-refractivity contribution in [1.82, 2.24) is 19.7 Å². The Hall–Kier alpha value is -1.73. The number of aromatic nitrogens is 4. The topological polar surface area (TPSA) is 76.3 Å². The third-order valence-electron chi connectivity index (χ3n) is 3.88. The van der Waals surface area contributed by atoms with Gasteiger partial charge in [-0.2, -0.15) is 5.10 Å². The van der Waals surface area contributed by atoms with Crippen LogP contribution >= 0.6 is 0 Å². The molecule has 1 saturated heterocycles. The second-order valence-corrected chi connectivity index (χ2v) is 5.18. The molecule has 0 spiro atoms. The van der Waals surface area contributed by atoms with Crippen LogP contribution in [-0.2, 0) is 11.8 Å². The summed E-state index contributed by atoms with van der Waals surface area (Å²) in [5.41, 5.74) is 0.810. The molecule has 108 valence electrons. The van der Waals surface area contributed by atoms with Crippen LogP contribution in [0.3, 0.4) is 0 Å². The highest BCUT2D eigenvalue weighted by molar-refractivity contribution is 5.87. The molecule has 3 rings (SSSR count). The zero-order valence-corrected chi connectivity index (χ0v) is 11.9. The fraction of sp³-hybridized carbons (Fsp3) is 0.615. The maximum absolute atomic E-state index is 9.60. The predicted octanol–water partition coefficient (Wildman–Crippen LogP) is 0.258. The quantitative estimate of drug-likeness (QED) is 0.867. The van der Waals surface area contributed by atoms with Gasteiger partial charge < -0.3 is 14.7 Å². The van der Waals surface area contributed by atoms with E-state index in [-0.39, 0.29) is 18.8 Å². The van der Waals surface area contributed by atoms with Crippen molar-refractivity contribution in [3.05, 3.63) is 12.0 Å². The van der Waals surface area contributed by atoms with Gasteiger partial charge in [-0.1, -0.05) is 0 Å². The summed E-state index contributed by atoms with van der Waals surface area (Å²) in [6, 6.07) is 0.0256. The van der Waals surface area contributed by atoms with E-state index in [1.54, 1.807) is 18.0 Å². The SMILES string of the molecule is CO[C@H]1C[C@@H](CO)N(c2nc(C)nc3c2cnn3C)C1. The van der Waals surface area contributed by atoms with Crippen LogP contribution in [0.2, 0.25) is 0 Å². The van der Waals surface area contributed by atoms with Crippen molar-refractivity contribution in [3.8, 4) is 0 Å². The highest BCUT2D eigenvalue weighted by Crippen LogP contribution is 2.30. The van der Waals surface area contributed by atoms with Gasteiger partial charge in [0.1, 0.15) is 11.6 Å². The van der Waals surface area contributed by atoms with Crippen molar-refractivity contribution in [2.75, 3.05) is 25.2 Å². The van der Waals surface area contributed by atoms with Crippen LogP contribution in [0.25, 0.3) is 11.0 Å². The van der Waals surface area contributed by atoms with E-state index in [2.05, 4.69) is 20.0 Å². The summed E-state index contributed by atoms with van der Waals surface area (Å²) in [6.07, 6.45) is 2.70. The number of rotatable bonds is 3. The highest BCUT2D eigenvalue weighted by atomic mass is 16.5. The normalized spacial score (nSPS) is 22.9. The summed E-state index contributed by atoms with van der Waals surface area (Å²) in [5, 5.41) is 14.8. The van der Waals surface area contributed by atoms with Crippen molar-refractivity contribution in [1.29, 1.82) is 0 Å². The molecule has 7 heteroatoms. The molecule has 0 amide bonds. The van der Waals surface area contributed by atoms with Crippen LogP contribution in [0.15, 0.2) is 6.20 Å². The van der Waals surface area contributed by atoms with Crippen molar-refractivity contribution in [3.63, 3.8) is 0 Å². The molecule has 1 aliphatic heterocycles. The van der Waals surface area contributed by atoms with Crippen molar-refractivity contribution in [2.45, 2.75) is 25.5 Å². The molecule has 0 saturated carbocycles. The van der Waals surface area contributed by atoms with Crippen molar-refractivity contribution in [2.24, 2.45) is 7.05 Å². The van der Waals surface area contributed by atoms with Crippen LogP contribution in [0.4, 0.5) is 5.82 Å². The minimum atomic E-state index is 0.0256. The van der Waals surface area contributed by atoms with Gasteiger partial charge in [-0.3, -0.25) is 4.68 Å². The standard InChI is InChI=1S/C13H19N5O2/c1-8-15-12-11(5-14-17(12)2)13(16-8)18-6-10(20-3)4-9(18)7-19/h5,9-10,19H,4,6-7H2,1-3H3/t9-,10-/m0/s1. The Morgan fingerprint density at radius 1 is 1.45 bits per heavy atom. The third kappa shape index (κ3) is 2.03. The first kappa shape index (κ1) is 13.3. The summed E-state index contributed by atoms with van der Waals surface area (Å²) in [4.78, 5) is 11.1. The van der Waals surface area contributed by atoms with Gasteiger partial charge in [-0.15, -0.1) is 0 Å². The van der Waals surface area contributed by atoms with Gasteiger partial charge >= 0.3 is 0 Å². The Bertz CT molecular complexity index is 626.